The number of aryl methyl sites for hydroxylation is 1. The first-order valence-electron chi connectivity index (χ1n) is 5.75. The van der Waals surface area contributed by atoms with Gasteiger partial charge < -0.3 is 10.4 Å². The number of thiazole rings is 1. The molecule has 4 nitrogen and oxygen atoms in total. The van der Waals surface area contributed by atoms with Crippen molar-refractivity contribution in [3.05, 3.63) is 46.2 Å². The first-order valence-corrected chi connectivity index (χ1v) is 6.57. The lowest BCUT2D eigenvalue weighted by molar-refractivity contribution is 0.0701. The van der Waals surface area contributed by atoms with Gasteiger partial charge in [0.2, 0.25) is 0 Å². The van der Waals surface area contributed by atoms with Gasteiger partial charge in [-0.2, -0.15) is 0 Å². The molecule has 1 aromatic heterocycles. The molecule has 100 valence electrons. The summed E-state index contributed by atoms with van der Waals surface area (Å²) in [5.74, 6) is -1.21. The van der Waals surface area contributed by atoms with Crippen LogP contribution in [0, 0.1) is 12.7 Å². The second-order valence-electron chi connectivity index (χ2n) is 4.04. The van der Waals surface area contributed by atoms with E-state index in [2.05, 4.69) is 10.3 Å². The summed E-state index contributed by atoms with van der Waals surface area (Å²) in [6, 6.07) is 6.30. The molecule has 2 aromatic rings. The summed E-state index contributed by atoms with van der Waals surface area (Å²) in [5.41, 5.74) is 1.53. The Kier molecular flexibility index (Phi) is 4.11. The Labute approximate surface area is 113 Å². The Balaban J connectivity index is 1.90. The Morgan fingerprint density at radius 1 is 1.42 bits per heavy atom. The molecule has 0 saturated heterocycles. The fourth-order valence-electron chi connectivity index (χ4n) is 1.64. The molecule has 2 rings (SSSR count). The lowest BCUT2D eigenvalue weighted by Gasteiger charge is -2.02. The molecular formula is C13H13FN2O2S. The number of aromatic nitrogens is 1. The Morgan fingerprint density at radius 3 is 2.68 bits per heavy atom. The summed E-state index contributed by atoms with van der Waals surface area (Å²) in [7, 11) is 0. The zero-order valence-electron chi connectivity index (χ0n) is 10.3. The number of rotatable bonds is 5. The Bertz CT molecular complexity index is 581. The van der Waals surface area contributed by atoms with Gasteiger partial charge in [0, 0.05) is 6.54 Å². The van der Waals surface area contributed by atoms with E-state index >= 15 is 0 Å². The summed E-state index contributed by atoms with van der Waals surface area (Å²) in [6.07, 6.45) is 0.724. The first-order chi connectivity index (χ1) is 9.06. The maximum atomic E-state index is 12.7. The van der Waals surface area contributed by atoms with Gasteiger partial charge in [0.25, 0.3) is 0 Å². The molecule has 1 aromatic carbocycles. The Morgan fingerprint density at radius 2 is 2.11 bits per heavy atom. The van der Waals surface area contributed by atoms with Crippen molar-refractivity contribution in [1.29, 1.82) is 0 Å². The van der Waals surface area contributed by atoms with Crippen LogP contribution in [0.2, 0.25) is 0 Å². The number of hydrogen-bond donors (Lipinski definition) is 2. The lowest BCUT2D eigenvalue weighted by atomic mass is 10.1. The van der Waals surface area contributed by atoms with E-state index in [1.165, 1.54) is 12.1 Å². The van der Waals surface area contributed by atoms with E-state index in [9.17, 15) is 9.18 Å². The van der Waals surface area contributed by atoms with Gasteiger partial charge in [-0.25, -0.2) is 14.2 Å². The fraction of sp³-hybridized carbons (Fsp3) is 0.231. The van der Waals surface area contributed by atoms with Gasteiger partial charge in [0.1, 0.15) is 10.7 Å². The van der Waals surface area contributed by atoms with Gasteiger partial charge in [-0.15, -0.1) is 0 Å². The van der Waals surface area contributed by atoms with Crippen LogP contribution in [0.3, 0.4) is 0 Å². The highest BCUT2D eigenvalue weighted by Crippen LogP contribution is 2.22. The molecule has 19 heavy (non-hydrogen) atoms. The highest BCUT2D eigenvalue weighted by atomic mass is 32.1. The summed E-state index contributed by atoms with van der Waals surface area (Å²) < 4.78 is 12.7. The number of carboxylic acid groups (broad SMARTS) is 1. The van der Waals surface area contributed by atoms with Gasteiger partial charge in [-0.05, 0) is 31.0 Å². The number of carbonyl (C=O) groups is 1. The minimum Gasteiger partial charge on any atom is -0.477 e. The third-order valence-electron chi connectivity index (χ3n) is 2.59. The summed E-state index contributed by atoms with van der Waals surface area (Å²) in [5, 5.41) is 12.6. The van der Waals surface area contributed by atoms with E-state index in [-0.39, 0.29) is 10.7 Å². The maximum Gasteiger partial charge on any atom is 0.347 e. The lowest BCUT2D eigenvalue weighted by Crippen LogP contribution is -2.04. The number of halogens is 1. The van der Waals surface area contributed by atoms with Crippen molar-refractivity contribution in [1.82, 2.24) is 4.98 Å². The summed E-state index contributed by atoms with van der Waals surface area (Å²) in [6.45, 7) is 2.29. The SMILES string of the molecule is Cc1nc(NCCc2ccc(F)cc2)sc1C(=O)O. The molecule has 0 aliphatic heterocycles. The first kappa shape index (κ1) is 13.5. The second kappa shape index (κ2) is 5.79. The number of nitrogens with one attached hydrogen (secondary N) is 1. The predicted octanol–water partition coefficient (Wildman–Crippen LogP) is 2.94. The van der Waals surface area contributed by atoms with Crippen molar-refractivity contribution >= 4 is 22.4 Å². The van der Waals surface area contributed by atoms with Crippen LogP contribution in [0.4, 0.5) is 9.52 Å². The number of nitrogens with zero attached hydrogens (tertiary/aromatic N) is 1. The fourth-order valence-corrected chi connectivity index (χ4v) is 2.47. The zero-order valence-corrected chi connectivity index (χ0v) is 11.1. The van der Waals surface area contributed by atoms with E-state index in [1.807, 2.05) is 0 Å². The third-order valence-corrected chi connectivity index (χ3v) is 3.70. The van der Waals surface area contributed by atoms with E-state index in [0.717, 1.165) is 23.3 Å². The standard InChI is InChI=1S/C13H13FN2O2S/c1-8-11(12(17)18)19-13(16-8)15-7-6-9-2-4-10(14)5-3-9/h2-5H,6-7H2,1H3,(H,15,16)(H,17,18). The summed E-state index contributed by atoms with van der Waals surface area (Å²) in [4.78, 5) is 15.3. The topological polar surface area (TPSA) is 62.2 Å². The smallest absolute Gasteiger partial charge is 0.347 e. The second-order valence-corrected chi connectivity index (χ2v) is 5.04. The van der Waals surface area contributed by atoms with Gasteiger partial charge >= 0.3 is 5.97 Å². The van der Waals surface area contributed by atoms with Crippen LogP contribution < -0.4 is 5.32 Å². The van der Waals surface area contributed by atoms with Crippen molar-refractivity contribution in [2.24, 2.45) is 0 Å². The van der Waals surface area contributed by atoms with Crippen LogP contribution in [-0.4, -0.2) is 22.6 Å². The van der Waals surface area contributed by atoms with Gasteiger partial charge in [-0.1, -0.05) is 23.5 Å². The highest BCUT2D eigenvalue weighted by Gasteiger charge is 2.13. The number of aromatic carboxylic acids is 1. The number of benzene rings is 1. The van der Waals surface area contributed by atoms with Crippen molar-refractivity contribution in [3.63, 3.8) is 0 Å². The van der Waals surface area contributed by atoms with Crippen molar-refractivity contribution in [2.45, 2.75) is 13.3 Å². The number of carboxylic acids is 1. The molecule has 0 aliphatic rings. The van der Waals surface area contributed by atoms with Crippen LogP contribution in [0.1, 0.15) is 20.9 Å². The van der Waals surface area contributed by atoms with E-state index < -0.39 is 5.97 Å². The molecule has 0 atom stereocenters. The minimum absolute atomic E-state index is 0.252. The van der Waals surface area contributed by atoms with E-state index in [1.54, 1.807) is 19.1 Å². The maximum absolute atomic E-state index is 12.7. The van der Waals surface area contributed by atoms with Gasteiger partial charge in [0.15, 0.2) is 5.13 Å². The van der Waals surface area contributed by atoms with Crippen LogP contribution in [-0.2, 0) is 6.42 Å². The van der Waals surface area contributed by atoms with Crippen molar-refractivity contribution in [3.8, 4) is 0 Å². The average Bonchev–Trinajstić information content (AvgIpc) is 2.73. The molecule has 0 radical (unpaired) electrons. The number of anilines is 1. The van der Waals surface area contributed by atoms with Crippen LogP contribution in [0.15, 0.2) is 24.3 Å². The molecule has 0 fully saturated rings. The highest BCUT2D eigenvalue weighted by molar-refractivity contribution is 7.17. The average molecular weight is 280 g/mol. The quantitative estimate of drug-likeness (QED) is 0.884. The van der Waals surface area contributed by atoms with Crippen molar-refractivity contribution < 1.29 is 14.3 Å². The van der Waals surface area contributed by atoms with E-state index in [4.69, 9.17) is 5.11 Å². The largest absolute Gasteiger partial charge is 0.477 e. The number of hydrogen-bond acceptors (Lipinski definition) is 4. The van der Waals surface area contributed by atoms with Crippen molar-refractivity contribution in [2.75, 3.05) is 11.9 Å². The predicted molar refractivity (Wildman–Crippen MR) is 72.4 cm³/mol. The van der Waals surface area contributed by atoms with Crippen LogP contribution in [0.25, 0.3) is 0 Å². The summed E-state index contributed by atoms with van der Waals surface area (Å²) >= 11 is 1.12. The van der Waals surface area contributed by atoms with Crippen LogP contribution >= 0.6 is 11.3 Å². The molecule has 0 aliphatic carbocycles. The molecule has 6 heteroatoms. The molecule has 1 heterocycles. The normalized spacial score (nSPS) is 10.4. The van der Waals surface area contributed by atoms with Gasteiger partial charge in [0.05, 0.1) is 5.69 Å². The van der Waals surface area contributed by atoms with E-state index in [0.29, 0.717) is 17.4 Å². The molecule has 0 amide bonds. The Hall–Kier alpha value is -1.95. The van der Waals surface area contributed by atoms with Crippen LogP contribution in [0.5, 0.6) is 0 Å². The zero-order chi connectivity index (χ0) is 13.8. The molecule has 2 N–H and O–H groups in total. The molecular weight excluding hydrogens is 267 g/mol. The molecule has 0 saturated carbocycles. The molecule has 0 unspecified atom stereocenters. The molecule has 0 spiro atoms. The third kappa shape index (κ3) is 3.51. The minimum atomic E-state index is -0.957. The molecule has 0 bridgehead atoms. The van der Waals surface area contributed by atoms with Gasteiger partial charge in [-0.3, -0.25) is 0 Å². The monoisotopic (exact) mass is 280 g/mol.